The quantitative estimate of drug-likeness (QED) is 0.887. The summed E-state index contributed by atoms with van der Waals surface area (Å²) in [4.78, 5) is 18.8. The number of carbonyl (C=O) groups excluding carboxylic acids is 1. The molecule has 3 rings (SSSR count). The van der Waals surface area contributed by atoms with Crippen molar-refractivity contribution in [1.82, 2.24) is 15.5 Å². The first-order chi connectivity index (χ1) is 12.4. The molecule has 0 spiro atoms. The second kappa shape index (κ2) is 7.85. The van der Waals surface area contributed by atoms with Crippen molar-refractivity contribution in [1.29, 1.82) is 0 Å². The molecule has 6 nitrogen and oxygen atoms in total. The maximum atomic E-state index is 13.6. The Balaban J connectivity index is 1.49. The van der Waals surface area contributed by atoms with Crippen molar-refractivity contribution >= 4 is 11.9 Å². The van der Waals surface area contributed by atoms with Crippen LogP contribution < -0.4 is 10.2 Å². The van der Waals surface area contributed by atoms with Crippen molar-refractivity contribution in [3.8, 4) is 0 Å². The number of nitrogens with one attached hydrogen (secondary N) is 1. The molecule has 1 N–H and O–H groups in total. The van der Waals surface area contributed by atoms with E-state index in [1.54, 1.807) is 13.0 Å². The Hall–Kier alpha value is -2.44. The lowest BCUT2D eigenvalue weighted by Gasteiger charge is -2.29. The molecule has 1 aromatic carbocycles. The van der Waals surface area contributed by atoms with Gasteiger partial charge in [0.05, 0.1) is 0 Å². The summed E-state index contributed by atoms with van der Waals surface area (Å²) in [6.07, 6.45) is 1.46. The Kier molecular flexibility index (Phi) is 5.54. The van der Waals surface area contributed by atoms with Crippen LogP contribution in [-0.2, 0) is 11.3 Å². The fraction of sp³-hybridized carbons (Fsp3) is 0.526. The number of hydrogen-bond donors (Lipinski definition) is 1. The number of aryl methyl sites for hydroxylation is 1. The number of rotatable bonds is 5. The van der Waals surface area contributed by atoms with Gasteiger partial charge in [-0.1, -0.05) is 31.1 Å². The molecule has 0 unspecified atom stereocenters. The lowest BCUT2D eigenvalue weighted by Crippen LogP contribution is -2.40. The minimum Gasteiger partial charge on any atom is -0.352 e. The molecule has 0 radical (unpaired) electrons. The SMILES string of the molecule is Cc1ccc(CNC(=O)C2CCN(c3nc(C(C)C)no3)CC2)cc1F. The van der Waals surface area contributed by atoms with Gasteiger partial charge in [0.25, 0.3) is 0 Å². The van der Waals surface area contributed by atoms with Gasteiger partial charge >= 0.3 is 6.01 Å². The maximum Gasteiger partial charge on any atom is 0.324 e. The smallest absolute Gasteiger partial charge is 0.324 e. The van der Waals surface area contributed by atoms with Gasteiger partial charge in [-0.05, 0) is 37.0 Å². The van der Waals surface area contributed by atoms with Gasteiger partial charge in [0, 0.05) is 31.5 Å². The molecular formula is C19H25FN4O2. The van der Waals surface area contributed by atoms with Gasteiger partial charge < -0.3 is 14.7 Å². The van der Waals surface area contributed by atoms with Crippen LogP contribution in [0.15, 0.2) is 22.7 Å². The molecule has 0 aliphatic carbocycles. The van der Waals surface area contributed by atoms with Crippen molar-refractivity contribution in [3.63, 3.8) is 0 Å². The fourth-order valence-corrected chi connectivity index (χ4v) is 3.00. The summed E-state index contributed by atoms with van der Waals surface area (Å²) in [5.74, 6) is 0.645. The zero-order valence-electron chi connectivity index (χ0n) is 15.5. The molecule has 0 bridgehead atoms. The van der Waals surface area contributed by atoms with Gasteiger partial charge in [-0.15, -0.1) is 0 Å². The molecule has 7 heteroatoms. The average molecular weight is 360 g/mol. The van der Waals surface area contributed by atoms with Crippen LogP contribution in [0.4, 0.5) is 10.4 Å². The van der Waals surface area contributed by atoms with Gasteiger partial charge in [-0.25, -0.2) is 4.39 Å². The number of hydrogen-bond acceptors (Lipinski definition) is 5. The first-order valence-electron chi connectivity index (χ1n) is 9.05. The van der Waals surface area contributed by atoms with Crippen LogP contribution in [0.25, 0.3) is 0 Å². The first kappa shape index (κ1) is 18.4. The van der Waals surface area contributed by atoms with Crippen LogP contribution >= 0.6 is 0 Å². The minimum absolute atomic E-state index is 0.0130. The molecule has 2 aromatic rings. The number of aromatic nitrogens is 2. The van der Waals surface area contributed by atoms with Gasteiger partial charge in [0.1, 0.15) is 5.82 Å². The van der Waals surface area contributed by atoms with Crippen molar-refractivity contribution < 1.29 is 13.7 Å². The molecule has 0 atom stereocenters. The van der Waals surface area contributed by atoms with Crippen molar-refractivity contribution in [2.24, 2.45) is 5.92 Å². The lowest BCUT2D eigenvalue weighted by atomic mass is 9.96. The third-order valence-electron chi connectivity index (χ3n) is 4.79. The number of amides is 1. The van der Waals surface area contributed by atoms with E-state index in [2.05, 4.69) is 15.5 Å². The van der Waals surface area contributed by atoms with Gasteiger partial charge in [-0.2, -0.15) is 4.98 Å². The monoisotopic (exact) mass is 360 g/mol. The van der Waals surface area contributed by atoms with Crippen LogP contribution in [0.2, 0.25) is 0 Å². The second-order valence-corrected chi connectivity index (χ2v) is 7.15. The first-order valence-corrected chi connectivity index (χ1v) is 9.05. The molecule has 1 fully saturated rings. The molecule has 1 aliphatic heterocycles. The third kappa shape index (κ3) is 4.20. The van der Waals surface area contributed by atoms with E-state index < -0.39 is 0 Å². The topological polar surface area (TPSA) is 71.3 Å². The molecule has 0 saturated carbocycles. The summed E-state index contributed by atoms with van der Waals surface area (Å²) < 4.78 is 18.9. The van der Waals surface area contributed by atoms with Gasteiger partial charge in [0.2, 0.25) is 5.91 Å². The van der Waals surface area contributed by atoms with Crippen LogP contribution in [0.5, 0.6) is 0 Å². The van der Waals surface area contributed by atoms with Crippen LogP contribution in [0.1, 0.15) is 49.6 Å². The molecule has 1 saturated heterocycles. The Bertz CT molecular complexity index is 767. The maximum absolute atomic E-state index is 13.6. The third-order valence-corrected chi connectivity index (χ3v) is 4.79. The van der Waals surface area contributed by atoms with Gasteiger partial charge in [0.15, 0.2) is 5.82 Å². The molecule has 1 aliphatic rings. The summed E-state index contributed by atoms with van der Waals surface area (Å²) in [6, 6.07) is 5.57. The standard InChI is InChI=1S/C19H25FN4O2/c1-12(2)17-22-19(26-23-17)24-8-6-15(7-9-24)18(25)21-11-14-5-4-13(3)16(20)10-14/h4-5,10,12,15H,6-9,11H2,1-3H3,(H,21,25). The highest BCUT2D eigenvalue weighted by Crippen LogP contribution is 2.23. The lowest BCUT2D eigenvalue weighted by molar-refractivity contribution is -0.125. The molecule has 26 heavy (non-hydrogen) atoms. The Labute approximate surface area is 152 Å². The highest BCUT2D eigenvalue weighted by atomic mass is 19.1. The summed E-state index contributed by atoms with van der Waals surface area (Å²) in [7, 11) is 0. The van der Waals surface area contributed by atoms with E-state index in [1.807, 2.05) is 24.8 Å². The minimum atomic E-state index is -0.245. The highest BCUT2D eigenvalue weighted by Gasteiger charge is 2.27. The molecule has 1 amide bonds. The van der Waals surface area contributed by atoms with Crippen molar-refractivity contribution in [2.75, 3.05) is 18.0 Å². The summed E-state index contributed by atoms with van der Waals surface area (Å²) >= 11 is 0. The summed E-state index contributed by atoms with van der Waals surface area (Å²) in [5.41, 5.74) is 1.38. The van der Waals surface area contributed by atoms with E-state index in [1.165, 1.54) is 6.07 Å². The fourth-order valence-electron chi connectivity index (χ4n) is 3.00. The molecule has 140 valence electrons. The second-order valence-electron chi connectivity index (χ2n) is 7.15. The van der Waals surface area contributed by atoms with Crippen LogP contribution in [0.3, 0.4) is 0 Å². The molecular weight excluding hydrogens is 335 g/mol. The zero-order chi connectivity index (χ0) is 18.7. The number of anilines is 1. The predicted octanol–water partition coefficient (Wildman–Crippen LogP) is 3.17. The average Bonchev–Trinajstić information content (AvgIpc) is 3.13. The van der Waals surface area contributed by atoms with Crippen LogP contribution in [0, 0.1) is 18.7 Å². The summed E-state index contributed by atoms with van der Waals surface area (Å²) in [6.45, 7) is 7.51. The van der Waals surface area contributed by atoms with E-state index in [-0.39, 0.29) is 23.6 Å². The zero-order valence-corrected chi connectivity index (χ0v) is 15.5. The number of piperidine rings is 1. The van der Waals surface area contributed by atoms with Crippen molar-refractivity contribution in [2.45, 2.75) is 46.1 Å². The molecule has 1 aromatic heterocycles. The Morgan fingerprint density at radius 3 is 2.73 bits per heavy atom. The number of nitrogens with zero attached hydrogens (tertiary/aromatic N) is 3. The number of carbonyl (C=O) groups is 1. The Morgan fingerprint density at radius 2 is 2.12 bits per heavy atom. The Morgan fingerprint density at radius 1 is 1.38 bits per heavy atom. The van der Waals surface area contributed by atoms with E-state index in [9.17, 15) is 9.18 Å². The molecule has 2 heterocycles. The number of benzene rings is 1. The van der Waals surface area contributed by atoms with E-state index in [4.69, 9.17) is 4.52 Å². The normalized spacial score (nSPS) is 15.5. The number of halogens is 1. The van der Waals surface area contributed by atoms with E-state index in [0.29, 0.717) is 37.0 Å². The van der Waals surface area contributed by atoms with E-state index >= 15 is 0 Å². The summed E-state index contributed by atoms with van der Waals surface area (Å²) in [5, 5.41) is 6.90. The van der Waals surface area contributed by atoms with Gasteiger partial charge in [-0.3, -0.25) is 4.79 Å². The predicted molar refractivity (Wildman–Crippen MR) is 96.3 cm³/mol. The van der Waals surface area contributed by atoms with Crippen LogP contribution in [-0.4, -0.2) is 29.1 Å². The highest BCUT2D eigenvalue weighted by molar-refractivity contribution is 5.78. The van der Waals surface area contributed by atoms with E-state index in [0.717, 1.165) is 18.4 Å². The van der Waals surface area contributed by atoms with Crippen molar-refractivity contribution in [3.05, 3.63) is 41.0 Å². The largest absolute Gasteiger partial charge is 0.352 e.